The molecule has 1 aromatic carbocycles. The highest BCUT2D eigenvalue weighted by molar-refractivity contribution is 6.30. The molecule has 0 fully saturated rings. The summed E-state index contributed by atoms with van der Waals surface area (Å²) in [6, 6.07) is 8.70. The first-order valence-electron chi connectivity index (χ1n) is 6.91. The summed E-state index contributed by atoms with van der Waals surface area (Å²) in [6.45, 7) is 3.42. The molecule has 0 aliphatic carbocycles. The number of hydrogen-bond donors (Lipinski definition) is 1. The minimum absolute atomic E-state index is 0.262. The molecule has 5 nitrogen and oxygen atoms in total. The van der Waals surface area contributed by atoms with E-state index < -0.39 is 0 Å². The molecule has 2 aromatic rings. The zero-order chi connectivity index (χ0) is 15.2. The van der Waals surface area contributed by atoms with E-state index in [0.29, 0.717) is 24.7 Å². The largest absolute Gasteiger partial charge is 0.383 e. The van der Waals surface area contributed by atoms with Gasteiger partial charge in [0.05, 0.1) is 0 Å². The molecule has 6 heteroatoms. The fraction of sp³-hybridized carbons (Fsp3) is 0.333. The van der Waals surface area contributed by atoms with Crippen LogP contribution in [0.15, 0.2) is 46.1 Å². The van der Waals surface area contributed by atoms with Crippen LogP contribution < -0.4 is 16.6 Å². The summed E-state index contributed by atoms with van der Waals surface area (Å²) in [5.74, 6) is 0. The van der Waals surface area contributed by atoms with Gasteiger partial charge in [-0.05, 0) is 30.7 Å². The molecule has 21 heavy (non-hydrogen) atoms. The number of nitrogens with zero attached hydrogens (tertiary/aromatic N) is 2. The number of benzene rings is 1. The topological polar surface area (TPSA) is 56.0 Å². The van der Waals surface area contributed by atoms with E-state index >= 15 is 0 Å². The molecule has 0 radical (unpaired) electrons. The van der Waals surface area contributed by atoms with E-state index in [1.165, 1.54) is 10.6 Å². The maximum atomic E-state index is 12.1. The number of nitrogens with one attached hydrogen (secondary N) is 1. The van der Waals surface area contributed by atoms with Crippen LogP contribution in [-0.4, -0.2) is 15.7 Å². The third kappa shape index (κ3) is 3.98. The predicted octanol–water partition coefficient (Wildman–Crippen LogP) is 2.19. The number of aryl methyl sites for hydroxylation is 1. The second kappa shape index (κ2) is 7.13. The zero-order valence-electron chi connectivity index (χ0n) is 11.9. The average Bonchev–Trinajstić information content (AvgIpc) is 2.48. The van der Waals surface area contributed by atoms with Crippen molar-refractivity contribution in [3.8, 4) is 0 Å². The highest BCUT2D eigenvalue weighted by Crippen LogP contribution is 2.12. The lowest BCUT2D eigenvalue weighted by Gasteiger charge is -2.10. The van der Waals surface area contributed by atoms with E-state index in [2.05, 4.69) is 5.32 Å². The van der Waals surface area contributed by atoms with Gasteiger partial charge in [0.25, 0.3) is 5.56 Å². The van der Waals surface area contributed by atoms with Crippen molar-refractivity contribution in [1.82, 2.24) is 9.13 Å². The lowest BCUT2D eigenvalue weighted by molar-refractivity contribution is 0.555. The predicted molar refractivity (Wildman–Crippen MR) is 85.2 cm³/mol. The minimum Gasteiger partial charge on any atom is -0.383 e. The molecule has 0 atom stereocenters. The maximum Gasteiger partial charge on any atom is 0.331 e. The van der Waals surface area contributed by atoms with Gasteiger partial charge in [0.1, 0.15) is 0 Å². The summed E-state index contributed by atoms with van der Waals surface area (Å²) in [7, 11) is 0. The SMILES string of the molecule is CCCn1ccc(=O)n(CCNc2ccc(Cl)cc2)c1=O. The molecule has 1 heterocycles. The molecule has 2 rings (SSSR count). The van der Waals surface area contributed by atoms with Crippen LogP contribution in [0, 0.1) is 0 Å². The summed E-state index contributed by atoms with van der Waals surface area (Å²) in [4.78, 5) is 23.9. The van der Waals surface area contributed by atoms with Gasteiger partial charge in [-0.3, -0.25) is 9.36 Å². The van der Waals surface area contributed by atoms with E-state index in [1.54, 1.807) is 22.9 Å². The molecule has 0 saturated carbocycles. The lowest BCUT2D eigenvalue weighted by Crippen LogP contribution is -2.40. The first kappa shape index (κ1) is 15.4. The standard InChI is InChI=1S/C15H18ClN3O2/c1-2-9-18-10-7-14(20)19(15(18)21)11-8-17-13-5-3-12(16)4-6-13/h3-7,10,17H,2,8-9,11H2,1H3. The number of halogens is 1. The van der Waals surface area contributed by atoms with E-state index in [-0.39, 0.29) is 11.2 Å². The zero-order valence-corrected chi connectivity index (χ0v) is 12.6. The third-order valence-corrected chi connectivity index (χ3v) is 3.36. The van der Waals surface area contributed by atoms with Crippen molar-refractivity contribution in [3.05, 3.63) is 62.4 Å². The summed E-state index contributed by atoms with van der Waals surface area (Å²) in [5, 5.41) is 3.83. The molecule has 0 unspecified atom stereocenters. The van der Waals surface area contributed by atoms with Gasteiger partial charge >= 0.3 is 5.69 Å². The number of hydrogen-bond acceptors (Lipinski definition) is 3. The molecular weight excluding hydrogens is 290 g/mol. The quantitative estimate of drug-likeness (QED) is 0.890. The van der Waals surface area contributed by atoms with E-state index in [9.17, 15) is 9.59 Å². The highest BCUT2D eigenvalue weighted by Gasteiger charge is 2.04. The van der Waals surface area contributed by atoms with Crippen molar-refractivity contribution in [2.24, 2.45) is 0 Å². The molecular formula is C15H18ClN3O2. The average molecular weight is 308 g/mol. The van der Waals surface area contributed by atoms with Gasteiger partial charge in [0.2, 0.25) is 0 Å². The smallest absolute Gasteiger partial charge is 0.331 e. The minimum atomic E-state index is -0.273. The summed E-state index contributed by atoms with van der Waals surface area (Å²) in [6.07, 6.45) is 2.40. The molecule has 0 amide bonds. The van der Waals surface area contributed by atoms with Gasteiger partial charge in [-0.1, -0.05) is 18.5 Å². The fourth-order valence-corrected chi connectivity index (χ4v) is 2.18. The monoisotopic (exact) mass is 307 g/mol. The van der Waals surface area contributed by atoms with Gasteiger partial charge in [0, 0.05) is 42.6 Å². The molecule has 0 aliphatic rings. The van der Waals surface area contributed by atoms with E-state index in [4.69, 9.17) is 11.6 Å². The molecule has 0 aliphatic heterocycles. The Labute approximate surface area is 127 Å². The van der Waals surface area contributed by atoms with Crippen LogP contribution in [0.2, 0.25) is 5.02 Å². The van der Waals surface area contributed by atoms with Gasteiger partial charge in [-0.2, -0.15) is 0 Å². The van der Waals surface area contributed by atoms with Crippen molar-refractivity contribution in [2.75, 3.05) is 11.9 Å². The van der Waals surface area contributed by atoms with Crippen LogP contribution >= 0.6 is 11.6 Å². The Hall–Kier alpha value is -2.01. The van der Waals surface area contributed by atoms with Crippen molar-refractivity contribution >= 4 is 17.3 Å². The molecule has 112 valence electrons. The van der Waals surface area contributed by atoms with Crippen LogP contribution in [0.25, 0.3) is 0 Å². The molecule has 1 aromatic heterocycles. The van der Waals surface area contributed by atoms with Crippen LogP contribution in [0.3, 0.4) is 0 Å². The third-order valence-electron chi connectivity index (χ3n) is 3.11. The first-order chi connectivity index (χ1) is 10.1. The highest BCUT2D eigenvalue weighted by atomic mass is 35.5. The normalized spacial score (nSPS) is 10.6. The summed E-state index contributed by atoms with van der Waals surface area (Å²) >= 11 is 5.81. The summed E-state index contributed by atoms with van der Waals surface area (Å²) in [5.41, 5.74) is 0.366. The van der Waals surface area contributed by atoms with Gasteiger partial charge in [0.15, 0.2) is 0 Å². The second-order valence-electron chi connectivity index (χ2n) is 4.72. The van der Waals surface area contributed by atoms with Crippen molar-refractivity contribution in [1.29, 1.82) is 0 Å². The van der Waals surface area contributed by atoms with Crippen molar-refractivity contribution < 1.29 is 0 Å². The van der Waals surface area contributed by atoms with E-state index in [1.807, 2.05) is 19.1 Å². The first-order valence-corrected chi connectivity index (χ1v) is 7.29. The molecule has 0 bridgehead atoms. The van der Waals surface area contributed by atoms with Crippen molar-refractivity contribution in [3.63, 3.8) is 0 Å². The Kier molecular flexibility index (Phi) is 5.22. The Morgan fingerprint density at radius 3 is 2.48 bits per heavy atom. The lowest BCUT2D eigenvalue weighted by atomic mass is 10.3. The number of anilines is 1. The van der Waals surface area contributed by atoms with E-state index in [0.717, 1.165) is 12.1 Å². The van der Waals surface area contributed by atoms with Crippen molar-refractivity contribution in [2.45, 2.75) is 26.4 Å². The van der Waals surface area contributed by atoms with Gasteiger partial charge in [-0.25, -0.2) is 4.79 Å². The van der Waals surface area contributed by atoms with Crippen LogP contribution in [0.1, 0.15) is 13.3 Å². The fourth-order valence-electron chi connectivity index (χ4n) is 2.05. The Morgan fingerprint density at radius 2 is 1.81 bits per heavy atom. The number of rotatable bonds is 6. The summed E-state index contributed by atoms with van der Waals surface area (Å²) < 4.78 is 2.81. The Bertz CT molecular complexity index is 704. The van der Waals surface area contributed by atoms with Gasteiger partial charge < -0.3 is 9.88 Å². The Morgan fingerprint density at radius 1 is 1.10 bits per heavy atom. The second-order valence-corrected chi connectivity index (χ2v) is 5.15. The van der Waals surface area contributed by atoms with Crippen LogP contribution in [-0.2, 0) is 13.1 Å². The molecule has 0 spiro atoms. The number of aromatic nitrogens is 2. The Balaban J connectivity index is 2.06. The van der Waals surface area contributed by atoms with Crippen LogP contribution in [0.5, 0.6) is 0 Å². The molecule has 0 saturated heterocycles. The maximum absolute atomic E-state index is 12.1. The molecule has 1 N–H and O–H groups in total. The van der Waals surface area contributed by atoms with Gasteiger partial charge in [-0.15, -0.1) is 0 Å². The van der Waals surface area contributed by atoms with Crippen LogP contribution in [0.4, 0.5) is 5.69 Å².